The van der Waals surface area contributed by atoms with E-state index < -0.39 is 0 Å². The third-order valence-electron chi connectivity index (χ3n) is 3.67. The van der Waals surface area contributed by atoms with Gasteiger partial charge in [0, 0.05) is 19.3 Å². The molecule has 1 aromatic rings. The third kappa shape index (κ3) is 1.17. The maximum atomic E-state index is 9.25. The lowest BCUT2D eigenvalue weighted by molar-refractivity contribution is -0.0298. The molecule has 2 aliphatic heterocycles. The van der Waals surface area contributed by atoms with Crippen LogP contribution >= 0.6 is 0 Å². The molecule has 0 amide bonds. The molecule has 1 fully saturated rings. The van der Waals surface area contributed by atoms with Gasteiger partial charge in [-0.25, -0.2) is 0 Å². The number of nitriles is 1. The van der Waals surface area contributed by atoms with E-state index in [1.807, 2.05) is 0 Å². The molecule has 1 aromatic carbocycles. The number of benzene rings is 1. The molecule has 0 bridgehead atoms. The van der Waals surface area contributed by atoms with Gasteiger partial charge in [-0.15, -0.1) is 0 Å². The van der Waals surface area contributed by atoms with Crippen molar-refractivity contribution in [2.75, 3.05) is 31.7 Å². The van der Waals surface area contributed by atoms with Gasteiger partial charge in [0.05, 0.1) is 19.3 Å². The second-order valence-electron chi connectivity index (χ2n) is 4.70. The highest BCUT2D eigenvalue weighted by atomic mass is 16.5. The Labute approximate surface area is 95.2 Å². The molecule has 0 saturated carbocycles. The summed E-state index contributed by atoms with van der Waals surface area (Å²) < 4.78 is 5.19. The maximum Gasteiger partial charge on any atom is 0.129 e. The second kappa shape index (κ2) is 3.23. The van der Waals surface area contributed by atoms with E-state index in [0.29, 0.717) is 13.2 Å². The Morgan fingerprint density at radius 3 is 2.88 bits per heavy atom. The summed E-state index contributed by atoms with van der Waals surface area (Å²) in [7, 11) is 2.11. The summed E-state index contributed by atoms with van der Waals surface area (Å²) in [6.07, 6.45) is 1.09. The average Bonchev–Trinajstić information content (AvgIpc) is 2.60. The van der Waals surface area contributed by atoms with Crippen LogP contribution < -0.4 is 4.90 Å². The van der Waals surface area contributed by atoms with E-state index in [1.54, 1.807) is 0 Å². The lowest BCUT2D eigenvalue weighted by Gasteiger charge is -2.35. The van der Waals surface area contributed by atoms with E-state index in [9.17, 15) is 5.26 Å². The highest BCUT2D eigenvalue weighted by Gasteiger charge is 2.41. The third-order valence-corrected chi connectivity index (χ3v) is 3.67. The lowest BCUT2D eigenvalue weighted by atomic mass is 9.79. The van der Waals surface area contributed by atoms with Gasteiger partial charge in [-0.3, -0.25) is 0 Å². The van der Waals surface area contributed by atoms with Gasteiger partial charge in [-0.05, 0) is 23.6 Å². The standard InChI is InChI=1S/C13H14N2O/c1-15-5-4-10-6-11(2-3-12(10)15)13(7-14)8-16-9-13/h2-3,6H,4-5,8-9H2,1H3. The van der Waals surface area contributed by atoms with Crippen molar-refractivity contribution in [1.29, 1.82) is 5.26 Å². The molecule has 0 spiro atoms. The first kappa shape index (κ1) is 9.68. The molecule has 0 unspecified atom stereocenters. The largest absolute Gasteiger partial charge is 0.377 e. The van der Waals surface area contributed by atoms with E-state index in [1.165, 1.54) is 11.3 Å². The smallest absolute Gasteiger partial charge is 0.129 e. The van der Waals surface area contributed by atoms with Crippen LogP contribution in [0, 0.1) is 11.3 Å². The molecule has 82 valence electrons. The highest BCUT2D eigenvalue weighted by molar-refractivity contribution is 5.60. The van der Waals surface area contributed by atoms with Crippen molar-refractivity contribution in [3.05, 3.63) is 29.3 Å². The fourth-order valence-electron chi connectivity index (χ4n) is 2.47. The zero-order valence-electron chi connectivity index (χ0n) is 9.36. The molecule has 3 nitrogen and oxygen atoms in total. The molecule has 0 aliphatic carbocycles. The fourth-order valence-corrected chi connectivity index (χ4v) is 2.47. The van der Waals surface area contributed by atoms with E-state index in [0.717, 1.165) is 18.5 Å². The average molecular weight is 214 g/mol. The highest BCUT2D eigenvalue weighted by Crippen LogP contribution is 2.36. The van der Waals surface area contributed by atoms with Crippen LogP contribution in [0.1, 0.15) is 11.1 Å². The Morgan fingerprint density at radius 2 is 2.25 bits per heavy atom. The summed E-state index contributed by atoms with van der Waals surface area (Å²) in [5.41, 5.74) is 3.41. The van der Waals surface area contributed by atoms with Crippen molar-refractivity contribution in [2.24, 2.45) is 0 Å². The van der Waals surface area contributed by atoms with Crippen LogP contribution in [0.15, 0.2) is 18.2 Å². The van der Waals surface area contributed by atoms with Crippen molar-refractivity contribution >= 4 is 5.69 Å². The molecular weight excluding hydrogens is 200 g/mol. The van der Waals surface area contributed by atoms with E-state index in [-0.39, 0.29) is 5.41 Å². The van der Waals surface area contributed by atoms with Crippen LogP contribution in [-0.2, 0) is 16.6 Å². The minimum absolute atomic E-state index is 0.379. The van der Waals surface area contributed by atoms with Crippen LogP contribution in [0.4, 0.5) is 5.69 Å². The van der Waals surface area contributed by atoms with Gasteiger partial charge >= 0.3 is 0 Å². The number of nitrogens with zero attached hydrogens (tertiary/aromatic N) is 2. The zero-order valence-corrected chi connectivity index (χ0v) is 9.36. The predicted molar refractivity (Wildman–Crippen MR) is 61.5 cm³/mol. The monoisotopic (exact) mass is 214 g/mol. The summed E-state index contributed by atoms with van der Waals surface area (Å²) in [5, 5.41) is 9.25. The first-order chi connectivity index (χ1) is 7.75. The Morgan fingerprint density at radius 1 is 1.44 bits per heavy atom. The number of ether oxygens (including phenoxy) is 1. The summed E-state index contributed by atoms with van der Waals surface area (Å²) in [6.45, 7) is 2.16. The quantitative estimate of drug-likeness (QED) is 0.710. The number of hydrogen-bond donors (Lipinski definition) is 0. The van der Waals surface area contributed by atoms with Crippen molar-refractivity contribution < 1.29 is 4.74 Å². The lowest BCUT2D eigenvalue weighted by Crippen LogP contribution is -2.45. The Balaban J connectivity index is 2.02. The Kier molecular flexibility index (Phi) is 1.95. The van der Waals surface area contributed by atoms with Crippen molar-refractivity contribution in [1.82, 2.24) is 0 Å². The maximum absolute atomic E-state index is 9.25. The molecule has 3 rings (SSSR count). The van der Waals surface area contributed by atoms with Gasteiger partial charge < -0.3 is 9.64 Å². The van der Waals surface area contributed by atoms with Gasteiger partial charge in [-0.2, -0.15) is 5.26 Å². The van der Waals surface area contributed by atoms with Gasteiger partial charge in [0.2, 0.25) is 0 Å². The summed E-state index contributed by atoms with van der Waals surface area (Å²) in [4.78, 5) is 2.26. The molecule has 2 aliphatic rings. The zero-order chi connectivity index (χ0) is 11.2. The van der Waals surface area contributed by atoms with Crippen molar-refractivity contribution in [3.8, 4) is 6.07 Å². The molecule has 0 radical (unpaired) electrons. The molecule has 1 saturated heterocycles. The second-order valence-corrected chi connectivity index (χ2v) is 4.70. The molecule has 0 N–H and O–H groups in total. The minimum Gasteiger partial charge on any atom is -0.377 e. The molecule has 0 aromatic heterocycles. The SMILES string of the molecule is CN1CCc2cc(C3(C#N)COC3)ccc21. The molecule has 0 atom stereocenters. The number of hydrogen-bond acceptors (Lipinski definition) is 3. The number of rotatable bonds is 1. The van der Waals surface area contributed by atoms with E-state index in [2.05, 4.69) is 36.2 Å². The number of anilines is 1. The van der Waals surface area contributed by atoms with Crippen LogP contribution in [0.5, 0.6) is 0 Å². The van der Waals surface area contributed by atoms with Crippen LogP contribution in [0.2, 0.25) is 0 Å². The predicted octanol–water partition coefficient (Wildman–Crippen LogP) is 1.47. The van der Waals surface area contributed by atoms with Gasteiger partial charge in [0.15, 0.2) is 0 Å². The molecular formula is C13H14N2O. The van der Waals surface area contributed by atoms with Crippen molar-refractivity contribution in [3.63, 3.8) is 0 Å². The first-order valence-electron chi connectivity index (χ1n) is 5.59. The normalized spacial score (nSPS) is 21.1. The van der Waals surface area contributed by atoms with Gasteiger partial charge in [-0.1, -0.05) is 12.1 Å². The number of fused-ring (bicyclic) bond motifs is 1. The van der Waals surface area contributed by atoms with E-state index >= 15 is 0 Å². The van der Waals surface area contributed by atoms with Crippen LogP contribution in [0.3, 0.4) is 0 Å². The summed E-state index contributed by atoms with van der Waals surface area (Å²) in [6, 6.07) is 8.79. The van der Waals surface area contributed by atoms with Gasteiger partial charge in [0.25, 0.3) is 0 Å². The molecule has 16 heavy (non-hydrogen) atoms. The minimum atomic E-state index is -0.379. The Bertz CT molecular complexity index is 471. The van der Waals surface area contributed by atoms with Crippen LogP contribution in [0.25, 0.3) is 0 Å². The topological polar surface area (TPSA) is 36.3 Å². The Hall–Kier alpha value is -1.53. The number of likely N-dealkylation sites (N-methyl/N-ethyl adjacent to an activating group) is 1. The van der Waals surface area contributed by atoms with Gasteiger partial charge in [0.1, 0.15) is 5.41 Å². The van der Waals surface area contributed by atoms with Crippen LogP contribution in [-0.4, -0.2) is 26.8 Å². The first-order valence-corrected chi connectivity index (χ1v) is 5.59. The summed E-state index contributed by atoms with van der Waals surface area (Å²) in [5.74, 6) is 0. The molecule has 3 heteroatoms. The van der Waals surface area contributed by atoms with E-state index in [4.69, 9.17) is 4.74 Å². The van der Waals surface area contributed by atoms with Crippen molar-refractivity contribution in [2.45, 2.75) is 11.8 Å². The molecule has 2 heterocycles. The summed E-state index contributed by atoms with van der Waals surface area (Å²) >= 11 is 0. The fraction of sp³-hybridized carbons (Fsp3) is 0.462.